The molecule has 0 aliphatic carbocycles. The van der Waals surface area contributed by atoms with E-state index < -0.39 is 28.0 Å². The van der Waals surface area contributed by atoms with Gasteiger partial charge < -0.3 is 15.0 Å². The number of rotatable bonds is 5. The summed E-state index contributed by atoms with van der Waals surface area (Å²) < 4.78 is 27.5. The van der Waals surface area contributed by atoms with E-state index in [0.29, 0.717) is 0 Å². The van der Waals surface area contributed by atoms with E-state index in [1.165, 1.54) is 37.3 Å². The van der Waals surface area contributed by atoms with Gasteiger partial charge in [-0.3, -0.25) is 4.79 Å². The van der Waals surface area contributed by atoms with Gasteiger partial charge in [0, 0.05) is 11.9 Å². The zero-order valence-electron chi connectivity index (χ0n) is 12.1. The zero-order valence-corrected chi connectivity index (χ0v) is 13.0. The highest BCUT2D eigenvalue weighted by Gasteiger charge is 2.20. The number of amides is 1. The molecule has 0 bridgehead atoms. The molecule has 23 heavy (non-hydrogen) atoms. The Morgan fingerprint density at radius 1 is 1.26 bits per heavy atom. The molecule has 8 nitrogen and oxygen atoms in total. The number of ether oxygens (including phenoxy) is 1. The summed E-state index contributed by atoms with van der Waals surface area (Å²) in [5.41, 5.74) is 0.449. The largest absolute Gasteiger partial charge is 0.448 e. The molecule has 0 spiro atoms. The van der Waals surface area contributed by atoms with Gasteiger partial charge in [0.25, 0.3) is 5.91 Å². The second kappa shape index (κ2) is 6.63. The highest BCUT2D eigenvalue weighted by molar-refractivity contribution is 7.89. The molecule has 1 amide bonds. The van der Waals surface area contributed by atoms with Crippen molar-refractivity contribution in [1.82, 2.24) is 4.98 Å². The normalized spacial score (nSPS) is 12.4. The highest BCUT2D eigenvalue weighted by atomic mass is 32.2. The molecule has 0 aliphatic rings. The number of anilines is 1. The van der Waals surface area contributed by atoms with Crippen molar-refractivity contribution in [1.29, 1.82) is 0 Å². The number of primary sulfonamides is 1. The van der Waals surface area contributed by atoms with Gasteiger partial charge in [0.05, 0.1) is 4.90 Å². The molecular formula is C14H15N3O5S. The lowest BCUT2D eigenvalue weighted by Crippen LogP contribution is -2.30. The monoisotopic (exact) mass is 337 g/mol. The molecule has 1 aromatic heterocycles. The van der Waals surface area contributed by atoms with Crippen LogP contribution in [0.25, 0.3) is 0 Å². The van der Waals surface area contributed by atoms with Crippen molar-refractivity contribution < 1.29 is 22.7 Å². The minimum absolute atomic E-state index is 0.133. The maximum atomic E-state index is 12.0. The molecule has 0 saturated heterocycles. The number of aromatic nitrogens is 1. The third-order valence-electron chi connectivity index (χ3n) is 2.90. The molecule has 0 aliphatic heterocycles. The molecule has 0 unspecified atom stereocenters. The number of nitrogens with two attached hydrogens (primary N) is 1. The van der Waals surface area contributed by atoms with E-state index in [1.807, 2.05) is 0 Å². The predicted octanol–water partition coefficient (Wildman–Crippen LogP) is 0.846. The molecule has 9 heteroatoms. The first-order valence-corrected chi connectivity index (χ1v) is 8.10. The summed E-state index contributed by atoms with van der Waals surface area (Å²) in [4.78, 5) is 26.3. The van der Waals surface area contributed by atoms with Crippen LogP contribution in [0.5, 0.6) is 0 Å². The van der Waals surface area contributed by atoms with Crippen molar-refractivity contribution >= 4 is 27.6 Å². The van der Waals surface area contributed by atoms with Crippen molar-refractivity contribution in [3.63, 3.8) is 0 Å². The fraction of sp³-hybridized carbons (Fsp3) is 0.143. The molecule has 2 aromatic rings. The van der Waals surface area contributed by atoms with Gasteiger partial charge >= 0.3 is 5.97 Å². The maximum absolute atomic E-state index is 12.0. The molecule has 4 N–H and O–H groups in total. The number of nitrogens with one attached hydrogen (secondary N) is 2. The third-order valence-corrected chi connectivity index (χ3v) is 3.81. The van der Waals surface area contributed by atoms with Gasteiger partial charge in [0.2, 0.25) is 10.0 Å². The fourth-order valence-electron chi connectivity index (χ4n) is 1.73. The van der Waals surface area contributed by atoms with Gasteiger partial charge in [-0.1, -0.05) is 6.07 Å². The van der Waals surface area contributed by atoms with E-state index >= 15 is 0 Å². The molecule has 1 heterocycles. The van der Waals surface area contributed by atoms with Gasteiger partial charge in [-0.15, -0.1) is 0 Å². The van der Waals surface area contributed by atoms with Crippen LogP contribution in [0.15, 0.2) is 47.5 Å². The first-order valence-electron chi connectivity index (χ1n) is 6.55. The Morgan fingerprint density at radius 2 is 2.00 bits per heavy atom. The van der Waals surface area contributed by atoms with Gasteiger partial charge in [0.15, 0.2) is 6.10 Å². The van der Waals surface area contributed by atoms with Crippen molar-refractivity contribution in [3.05, 3.63) is 48.3 Å². The lowest BCUT2D eigenvalue weighted by molar-refractivity contribution is -0.123. The molecule has 122 valence electrons. The molecule has 0 fully saturated rings. The van der Waals surface area contributed by atoms with Crippen LogP contribution in [-0.4, -0.2) is 31.4 Å². The Bertz CT molecular complexity index is 815. The Kier molecular flexibility index (Phi) is 4.82. The number of aromatic amines is 1. The predicted molar refractivity (Wildman–Crippen MR) is 82.1 cm³/mol. The topological polar surface area (TPSA) is 131 Å². The second-order valence-corrected chi connectivity index (χ2v) is 6.25. The molecule has 2 rings (SSSR count). The third kappa shape index (κ3) is 4.41. The Balaban J connectivity index is 2.03. The van der Waals surface area contributed by atoms with Gasteiger partial charge in [-0.2, -0.15) is 0 Å². The lowest BCUT2D eigenvalue weighted by atomic mass is 10.3. The zero-order chi connectivity index (χ0) is 17.0. The first kappa shape index (κ1) is 16.7. The maximum Gasteiger partial charge on any atom is 0.355 e. The molecular weight excluding hydrogens is 322 g/mol. The van der Waals surface area contributed by atoms with Crippen LogP contribution in [0.1, 0.15) is 17.4 Å². The minimum Gasteiger partial charge on any atom is -0.448 e. The van der Waals surface area contributed by atoms with E-state index in [0.717, 1.165) is 0 Å². The quantitative estimate of drug-likeness (QED) is 0.696. The number of H-pyrrole nitrogens is 1. The van der Waals surface area contributed by atoms with Gasteiger partial charge in [-0.25, -0.2) is 18.4 Å². The highest BCUT2D eigenvalue weighted by Crippen LogP contribution is 2.14. The van der Waals surface area contributed by atoms with Crippen LogP contribution in [0, 0.1) is 0 Å². The van der Waals surface area contributed by atoms with Crippen molar-refractivity contribution in [2.75, 3.05) is 5.32 Å². The van der Waals surface area contributed by atoms with Gasteiger partial charge in [0.1, 0.15) is 5.69 Å². The smallest absolute Gasteiger partial charge is 0.355 e. The first-order chi connectivity index (χ1) is 10.8. The number of sulfonamides is 1. The van der Waals surface area contributed by atoms with Crippen LogP contribution < -0.4 is 10.5 Å². The molecule has 1 aromatic carbocycles. The summed E-state index contributed by atoms with van der Waals surface area (Å²) in [6, 6.07) is 8.59. The summed E-state index contributed by atoms with van der Waals surface area (Å²) in [5, 5.41) is 7.48. The number of hydrogen-bond donors (Lipinski definition) is 3. The average molecular weight is 337 g/mol. The van der Waals surface area contributed by atoms with E-state index in [9.17, 15) is 18.0 Å². The Morgan fingerprint density at radius 3 is 2.61 bits per heavy atom. The lowest BCUT2D eigenvalue weighted by Gasteiger charge is -2.13. The molecule has 0 radical (unpaired) electrons. The SMILES string of the molecule is C[C@@H](OC(=O)c1ccc[nH]1)C(=O)Nc1cccc(S(N)(=O)=O)c1. The van der Waals surface area contributed by atoms with E-state index in [-0.39, 0.29) is 16.3 Å². The number of esters is 1. The number of carbonyl (C=O) groups is 2. The average Bonchev–Trinajstić information content (AvgIpc) is 3.00. The number of hydrogen-bond acceptors (Lipinski definition) is 5. The van der Waals surface area contributed by atoms with Crippen LogP contribution in [0.2, 0.25) is 0 Å². The summed E-state index contributed by atoms with van der Waals surface area (Å²) in [6.07, 6.45) is 0.490. The van der Waals surface area contributed by atoms with Crippen LogP contribution in [-0.2, 0) is 19.6 Å². The molecule has 0 saturated carbocycles. The summed E-state index contributed by atoms with van der Waals surface area (Å²) >= 11 is 0. The minimum atomic E-state index is -3.87. The van der Waals surface area contributed by atoms with E-state index in [1.54, 1.807) is 12.3 Å². The Hall–Kier alpha value is -2.65. The van der Waals surface area contributed by atoms with Crippen molar-refractivity contribution in [2.45, 2.75) is 17.9 Å². The second-order valence-electron chi connectivity index (χ2n) is 4.69. The van der Waals surface area contributed by atoms with Crippen LogP contribution >= 0.6 is 0 Å². The fourth-order valence-corrected chi connectivity index (χ4v) is 2.29. The number of benzene rings is 1. The van der Waals surface area contributed by atoms with E-state index in [4.69, 9.17) is 9.88 Å². The van der Waals surface area contributed by atoms with Crippen LogP contribution in [0.4, 0.5) is 5.69 Å². The molecule has 1 atom stereocenters. The van der Waals surface area contributed by atoms with Crippen molar-refractivity contribution in [2.24, 2.45) is 5.14 Å². The van der Waals surface area contributed by atoms with Gasteiger partial charge in [-0.05, 0) is 37.3 Å². The Labute approximate surface area is 132 Å². The number of carbonyl (C=O) groups excluding carboxylic acids is 2. The van der Waals surface area contributed by atoms with Crippen molar-refractivity contribution in [3.8, 4) is 0 Å². The standard InChI is InChI=1S/C14H15N3O5S/c1-9(22-14(19)12-6-3-7-16-12)13(18)17-10-4-2-5-11(8-10)23(15,20)21/h2-9,16H,1H3,(H,17,18)(H2,15,20,21)/t9-/m1/s1. The summed E-state index contributed by atoms with van der Waals surface area (Å²) in [6.45, 7) is 1.40. The summed E-state index contributed by atoms with van der Waals surface area (Å²) in [7, 11) is -3.87. The summed E-state index contributed by atoms with van der Waals surface area (Å²) in [5.74, 6) is -1.27. The van der Waals surface area contributed by atoms with Crippen LogP contribution in [0.3, 0.4) is 0 Å². The van der Waals surface area contributed by atoms with E-state index in [2.05, 4.69) is 10.3 Å².